The second kappa shape index (κ2) is 4.80. The highest BCUT2D eigenvalue weighted by atomic mass is 14.7. The number of rotatable bonds is 0. The van der Waals surface area contributed by atoms with E-state index in [0.29, 0.717) is 0 Å². The molecule has 2 aliphatic carbocycles. The smallest absolute Gasteiger partial charge is 0.0750 e. The van der Waals surface area contributed by atoms with E-state index in [4.69, 9.17) is 4.98 Å². The third-order valence-electron chi connectivity index (χ3n) is 5.74. The summed E-state index contributed by atoms with van der Waals surface area (Å²) in [6.45, 7) is 0. The van der Waals surface area contributed by atoms with Gasteiger partial charge in [0.15, 0.2) is 0 Å². The van der Waals surface area contributed by atoms with Crippen LogP contribution in [0.25, 0.3) is 44.4 Å². The summed E-state index contributed by atoms with van der Waals surface area (Å²) in [6.07, 6.45) is 3.43. The van der Waals surface area contributed by atoms with Gasteiger partial charge in [0.25, 0.3) is 0 Å². The van der Waals surface area contributed by atoms with Crippen LogP contribution >= 0.6 is 0 Å². The van der Waals surface area contributed by atoms with Gasteiger partial charge in [-0.15, -0.1) is 0 Å². The van der Waals surface area contributed by atoms with Crippen LogP contribution in [0.3, 0.4) is 0 Å². The van der Waals surface area contributed by atoms with Crippen molar-refractivity contribution in [3.8, 4) is 33.5 Å². The highest BCUT2D eigenvalue weighted by Crippen LogP contribution is 2.50. The molecule has 0 aliphatic heterocycles. The summed E-state index contributed by atoms with van der Waals surface area (Å²) < 4.78 is 0. The second-order valence-electron chi connectivity index (χ2n) is 7.07. The van der Waals surface area contributed by atoms with Crippen molar-refractivity contribution in [3.63, 3.8) is 0 Å². The number of pyridine rings is 1. The van der Waals surface area contributed by atoms with Gasteiger partial charge in [-0.25, -0.2) is 4.98 Å². The molecule has 0 fully saturated rings. The summed E-state index contributed by atoms with van der Waals surface area (Å²) in [5.74, 6) is 0. The molecule has 4 aromatic rings. The van der Waals surface area contributed by atoms with Crippen LogP contribution in [-0.4, -0.2) is 4.98 Å². The molecular formula is C24H17N. The van der Waals surface area contributed by atoms with E-state index < -0.39 is 0 Å². The van der Waals surface area contributed by atoms with E-state index in [1.54, 1.807) is 0 Å². The third-order valence-corrected chi connectivity index (χ3v) is 5.74. The lowest BCUT2D eigenvalue weighted by atomic mass is 9.94. The van der Waals surface area contributed by atoms with Gasteiger partial charge in [0, 0.05) is 10.9 Å². The van der Waals surface area contributed by atoms with Crippen LogP contribution in [-0.2, 0) is 12.8 Å². The molecule has 3 aromatic carbocycles. The molecule has 0 unspecified atom stereocenters. The van der Waals surface area contributed by atoms with Crippen molar-refractivity contribution < 1.29 is 0 Å². The van der Waals surface area contributed by atoms with Gasteiger partial charge >= 0.3 is 0 Å². The van der Waals surface area contributed by atoms with Crippen LogP contribution in [0.5, 0.6) is 0 Å². The lowest BCUT2D eigenvalue weighted by Gasteiger charge is -2.14. The van der Waals surface area contributed by atoms with Gasteiger partial charge in [-0.05, 0) is 58.7 Å². The molecule has 1 heterocycles. The van der Waals surface area contributed by atoms with Crippen molar-refractivity contribution >= 4 is 10.9 Å². The maximum atomic E-state index is 5.16. The van der Waals surface area contributed by atoms with E-state index >= 15 is 0 Å². The zero-order valence-electron chi connectivity index (χ0n) is 13.9. The average molecular weight is 319 g/mol. The molecule has 25 heavy (non-hydrogen) atoms. The zero-order valence-corrected chi connectivity index (χ0v) is 13.9. The van der Waals surface area contributed by atoms with Crippen molar-refractivity contribution in [2.45, 2.75) is 19.3 Å². The van der Waals surface area contributed by atoms with Crippen LogP contribution in [0.15, 0.2) is 66.7 Å². The van der Waals surface area contributed by atoms with Crippen molar-refractivity contribution in [1.29, 1.82) is 0 Å². The Bertz CT molecular complexity index is 1170. The molecule has 1 nitrogen and oxygen atoms in total. The summed E-state index contributed by atoms with van der Waals surface area (Å²) in [5.41, 5.74) is 12.0. The molecule has 0 atom stereocenters. The van der Waals surface area contributed by atoms with Crippen LogP contribution < -0.4 is 0 Å². The van der Waals surface area contributed by atoms with Crippen LogP contribution in [0.2, 0.25) is 0 Å². The van der Waals surface area contributed by atoms with Gasteiger partial charge in [-0.3, -0.25) is 0 Å². The summed E-state index contributed by atoms with van der Waals surface area (Å²) in [6, 6.07) is 24.2. The maximum Gasteiger partial charge on any atom is 0.0750 e. The summed E-state index contributed by atoms with van der Waals surface area (Å²) in [7, 11) is 0. The molecule has 0 spiro atoms. The Kier molecular flexibility index (Phi) is 2.56. The Labute approximate surface area is 147 Å². The van der Waals surface area contributed by atoms with Gasteiger partial charge in [0.1, 0.15) is 0 Å². The minimum Gasteiger partial charge on any atom is -0.247 e. The van der Waals surface area contributed by atoms with Crippen LogP contribution in [0.1, 0.15) is 17.5 Å². The molecule has 118 valence electrons. The monoisotopic (exact) mass is 319 g/mol. The van der Waals surface area contributed by atoms with Gasteiger partial charge in [-0.2, -0.15) is 0 Å². The van der Waals surface area contributed by atoms with E-state index in [-0.39, 0.29) is 0 Å². The first-order valence-corrected chi connectivity index (χ1v) is 9.05. The summed E-state index contributed by atoms with van der Waals surface area (Å²) >= 11 is 0. The fraction of sp³-hybridized carbons (Fsp3) is 0.125. The molecule has 0 N–H and O–H groups in total. The Morgan fingerprint density at radius 2 is 1.40 bits per heavy atom. The number of hydrogen-bond acceptors (Lipinski definition) is 1. The van der Waals surface area contributed by atoms with E-state index in [1.165, 1.54) is 56.4 Å². The van der Waals surface area contributed by atoms with Crippen molar-refractivity contribution in [2.75, 3.05) is 0 Å². The SMILES string of the molecule is c1ccc2c(c1)CCCc1c-2nc2cccc3c2c1-c1ccccc1-3. The standard InChI is InChI=1S/C24H17N/c1-2-9-16-15(7-1)8-5-13-20-22-18-11-4-3-10-17(18)19-12-6-14-21(23(19)22)25-24(16)20/h1-4,6-7,9-12,14H,5,8,13H2. The highest BCUT2D eigenvalue weighted by Gasteiger charge is 2.28. The number of nitrogens with zero attached hydrogens (tertiary/aromatic N) is 1. The largest absolute Gasteiger partial charge is 0.247 e. The van der Waals surface area contributed by atoms with E-state index in [9.17, 15) is 0 Å². The molecule has 1 aromatic heterocycles. The zero-order chi connectivity index (χ0) is 16.4. The second-order valence-corrected chi connectivity index (χ2v) is 7.07. The van der Waals surface area contributed by atoms with Crippen LogP contribution in [0, 0.1) is 0 Å². The number of aromatic nitrogens is 1. The molecule has 0 saturated carbocycles. The first kappa shape index (κ1) is 13.4. The summed E-state index contributed by atoms with van der Waals surface area (Å²) in [4.78, 5) is 5.16. The van der Waals surface area contributed by atoms with E-state index in [0.717, 1.165) is 18.4 Å². The molecule has 2 aliphatic rings. The first-order valence-electron chi connectivity index (χ1n) is 9.05. The van der Waals surface area contributed by atoms with Crippen molar-refractivity contribution in [1.82, 2.24) is 4.98 Å². The van der Waals surface area contributed by atoms with Crippen LogP contribution in [0.4, 0.5) is 0 Å². The number of aryl methyl sites for hydroxylation is 1. The topological polar surface area (TPSA) is 12.9 Å². The van der Waals surface area contributed by atoms with Crippen molar-refractivity contribution in [3.05, 3.63) is 77.9 Å². The summed E-state index contributed by atoms with van der Waals surface area (Å²) in [5, 5.41) is 1.35. The molecule has 0 radical (unpaired) electrons. The number of fused-ring (bicyclic) bond motifs is 7. The van der Waals surface area contributed by atoms with E-state index in [2.05, 4.69) is 66.7 Å². The minimum atomic E-state index is 1.10. The highest BCUT2D eigenvalue weighted by molar-refractivity contribution is 6.16. The number of hydrogen-bond donors (Lipinski definition) is 0. The predicted molar refractivity (Wildman–Crippen MR) is 104 cm³/mol. The third kappa shape index (κ3) is 1.70. The fourth-order valence-electron chi connectivity index (χ4n) is 4.70. The molecule has 1 heteroatoms. The first-order chi connectivity index (χ1) is 12.4. The quantitative estimate of drug-likeness (QED) is 0.339. The molecule has 0 bridgehead atoms. The Balaban J connectivity index is 1.82. The predicted octanol–water partition coefficient (Wildman–Crippen LogP) is 6.04. The fourth-order valence-corrected chi connectivity index (χ4v) is 4.70. The van der Waals surface area contributed by atoms with E-state index in [1.807, 2.05) is 0 Å². The number of benzene rings is 3. The van der Waals surface area contributed by atoms with Gasteiger partial charge < -0.3 is 0 Å². The van der Waals surface area contributed by atoms with Gasteiger partial charge in [0.2, 0.25) is 0 Å². The van der Waals surface area contributed by atoms with Gasteiger partial charge in [0.05, 0.1) is 11.2 Å². The van der Waals surface area contributed by atoms with Gasteiger partial charge in [-0.1, -0.05) is 60.7 Å². The van der Waals surface area contributed by atoms with Crippen molar-refractivity contribution in [2.24, 2.45) is 0 Å². The molecular weight excluding hydrogens is 302 g/mol. The lowest BCUT2D eigenvalue weighted by molar-refractivity contribution is 0.835. The normalized spacial score (nSPS) is 13.9. The lowest BCUT2D eigenvalue weighted by Crippen LogP contribution is -1.96. The molecule has 0 saturated heterocycles. The molecule has 6 rings (SSSR count). The Morgan fingerprint density at radius 1 is 0.640 bits per heavy atom. The maximum absolute atomic E-state index is 5.16. The minimum absolute atomic E-state index is 1.10. The Morgan fingerprint density at radius 3 is 2.32 bits per heavy atom. The Hall–Kier alpha value is -2.93. The molecule has 0 amide bonds. The average Bonchev–Trinajstić information content (AvgIpc) is 2.89.